The summed E-state index contributed by atoms with van der Waals surface area (Å²) in [6, 6.07) is 7.74. The van der Waals surface area contributed by atoms with Crippen LogP contribution in [0, 0.1) is 6.92 Å². The van der Waals surface area contributed by atoms with Crippen molar-refractivity contribution >= 4 is 10.0 Å². The average Bonchev–Trinajstić information content (AvgIpc) is 2.46. The molecule has 1 atom stereocenters. The second-order valence-corrected chi connectivity index (χ2v) is 6.94. The minimum atomic E-state index is -3.27. The molecule has 0 saturated carbocycles. The van der Waals surface area contributed by atoms with Crippen LogP contribution in [0.4, 0.5) is 0 Å². The van der Waals surface area contributed by atoms with Gasteiger partial charge in [-0.15, -0.1) is 0 Å². The van der Waals surface area contributed by atoms with E-state index in [2.05, 4.69) is 4.72 Å². The molecule has 0 radical (unpaired) electrons. The van der Waals surface area contributed by atoms with E-state index in [0.717, 1.165) is 17.5 Å². The van der Waals surface area contributed by atoms with Gasteiger partial charge in [0.15, 0.2) is 0 Å². The minimum absolute atomic E-state index is 0.0923. The molecule has 1 aromatic carbocycles. The van der Waals surface area contributed by atoms with Crippen LogP contribution in [0.15, 0.2) is 24.3 Å². The van der Waals surface area contributed by atoms with E-state index in [0.29, 0.717) is 6.42 Å². The second kappa shape index (κ2) is 9.15. The summed E-state index contributed by atoms with van der Waals surface area (Å²) in [7, 11) is -3.27. The third kappa shape index (κ3) is 7.04. The molecule has 0 bridgehead atoms. The number of hydrogen-bond donors (Lipinski definition) is 2. The largest absolute Gasteiger partial charge is 0.394 e. The van der Waals surface area contributed by atoms with Crippen molar-refractivity contribution in [2.24, 2.45) is 0 Å². The number of aliphatic hydroxyl groups is 1. The van der Waals surface area contributed by atoms with Gasteiger partial charge in [-0.1, -0.05) is 43.2 Å². The van der Waals surface area contributed by atoms with E-state index < -0.39 is 16.1 Å². The van der Waals surface area contributed by atoms with Crippen LogP contribution in [0.3, 0.4) is 0 Å². The fraction of sp³-hybridized carbons (Fsp3) is 0.600. The van der Waals surface area contributed by atoms with Crippen molar-refractivity contribution in [1.82, 2.24) is 4.72 Å². The first-order valence-corrected chi connectivity index (χ1v) is 8.90. The molecule has 21 heavy (non-hydrogen) atoms. The smallest absolute Gasteiger partial charge is 0.211 e. The van der Waals surface area contributed by atoms with Crippen LogP contribution in [-0.2, 0) is 14.8 Å². The number of rotatable bonds is 10. The Balaban J connectivity index is 2.68. The van der Waals surface area contributed by atoms with Crippen LogP contribution in [0.25, 0.3) is 0 Å². The van der Waals surface area contributed by atoms with Gasteiger partial charge in [-0.3, -0.25) is 0 Å². The quantitative estimate of drug-likeness (QED) is 0.690. The molecule has 2 N–H and O–H groups in total. The molecule has 0 saturated heterocycles. The van der Waals surface area contributed by atoms with Gasteiger partial charge in [0.1, 0.15) is 0 Å². The molecule has 120 valence electrons. The third-order valence-electron chi connectivity index (χ3n) is 3.11. The Hall–Kier alpha value is -0.950. The zero-order chi connectivity index (χ0) is 15.7. The Morgan fingerprint density at radius 3 is 2.52 bits per heavy atom. The van der Waals surface area contributed by atoms with Crippen LogP contribution in [0.1, 0.15) is 37.0 Å². The highest BCUT2D eigenvalue weighted by Gasteiger charge is 2.16. The van der Waals surface area contributed by atoms with Crippen molar-refractivity contribution in [2.75, 3.05) is 25.5 Å². The Kier molecular flexibility index (Phi) is 7.88. The lowest BCUT2D eigenvalue weighted by molar-refractivity contribution is 0.0309. The van der Waals surface area contributed by atoms with Gasteiger partial charge < -0.3 is 9.84 Å². The SMILES string of the molecule is CCCCS(=O)(=O)NCC(OCCO)c1ccc(C)cc1. The first kappa shape index (κ1) is 18.1. The fourth-order valence-electron chi connectivity index (χ4n) is 1.86. The monoisotopic (exact) mass is 315 g/mol. The Labute approximate surface area is 127 Å². The number of aryl methyl sites for hydroxylation is 1. The molecule has 0 aromatic heterocycles. The number of nitrogens with one attached hydrogen (secondary N) is 1. The maximum Gasteiger partial charge on any atom is 0.211 e. The molecule has 0 heterocycles. The number of ether oxygens (including phenoxy) is 1. The van der Waals surface area contributed by atoms with Crippen molar-refractivity contribution in [3.63, 3.8) is 0 Å². The lowest BCUT2D eigenvalue weighted by Gasteiger charge is -2.19. The molecule has 5 nitrogen and oxygen atoms in total. The highest BCUT2D eigenvalue weighted by Crippen LogP contribution is 2.17. The normalized spacial score (nSPS) is 13.3. The van der Waals surface area contributed by atoms with Crippen LogP contribution < -0.4 is 4.72 Å². The fourth-order valence-corrected chi connectivity index (χ4v) is 3.08. The predicted molar refractivity (Wildman–Crippen MR) is 83.7 cm³/mol. The number of hydrogen-bond acceptors (Lipinski definition) is 4. The first-order valence-electron chi connectivity index (χ1n) is 7.25. The number of aliphatic hydroxyl groups excluding tert-OH is 1. The second-order valence-electron chi connectivity index (χ2n) is 5.01. The maximum absolute atomic E-state index is 11.8. The van der Waals surface area contributed by atoms with Gasteiger partial charge in [-0.25, -0.2) is 13.1 Å². The third-order valence-corrected chi connectivity index (χ3v) is 4.55. The minimum Gasteiger partial charge on any atom is -0.394 e. The van der Waals surface area contributed by atoms with Crippen LogP contribution >= 0.6 is 0 Å². The molecular formula is C15H25NO4S. The van der Waals surface area contributed by atoms with Gasteiger partial charge >= 0.3 is 0 Å². The summed E-state index contributed by atoms with van der Waals surface area (Å²) in [6.45, 7) is 4.20. The summed E-state index contributed by atoms with van der Waals surface area (Å²) >= 11 is 0. The molecule has 0 aliphatic carbocycles. The molecular weight excluding hydrogens is 290 g/mol. The van der Waals surface area contributed by atoms with Crippen molar-refractivity contribution in [3.05, 3.63) is 35.4 Å². The number of sulfonamides is 1. The highest BCUT2D eigenvalue weighted by molar-refractivity contribution is 7.89. The summed E-state index contributed by atoms with van der Waals surface area (Å²) in [6.07, 6.45) is 1.08. The highest BCUT2D eigenvalue weighted by atomic mass is 32.2. The Morgan fingerprint density at radius 2 is 1.95 bits per heavy atom. The predicted octanol–water partition coefficient (Wildman–Crippen LogP) is 1.76. The van der Waals surface area contributed by atoms with Crippen LogP contribution in [0.5, 0.6) is 0 Å². The number of unbranched alkanes of at least 4 members (excludes halogenated alkanes) is 1. The van der Waals surface area contributed by atoms with Gasteiger partial charge in [0.25, 0.3) is 0 Å². The molecule has 1 rings (SSSR count). The first-order chi connectivity index (χ1) is 9.98. The van der Waals surface area contributed by atoms with Crippen molar-refractivity contribution in [2.45, 2.75) is 32.8 Å². The van der Waals surface area contributed by atoms with E-state index in [1.54, 1.807) is 0 Å². The Bertz CT molecular complexity index is 499. The summed E-state index contributed by atoms with van der Waals surface area (Å²) < 4.78 is 31.8. The summed E-state index contributed by atoms with van der Waals surface area (Å²) in [5.74, 6) is 0.129. The van der Waals surface area contributed by atoms with Crippen LogP contribution in [0.2, 0.25) is 0 Å². The van der Waals surface area contributed by atoms with Crippen LogP contribution in [-0.4, -0.2) is 39.0 Å². The van der Waals surface area contributed by atoms with Gasteiger partial charge in [-0.05, 0) is 18.9 Å². The Morgan fingerprint density at radius 1 is 1.29 bits per heavy atom. The van der Waals surface area contributed by atoms with E-state index in [-0.39, 0.29) is 25.5 Å². The summed E-state index contributed by atoms with van der Waals surface area (Å²) in [5, 5.41) is 8.89. The van der Waals surface area contributed by atoms with E-state index in [4.69, 9.17) is 9.84 Å². The molecule has 0 aliphatic rings. The molecule has 6 heteroatoms. The lowest BCUT2D eigenvalue weighted by atomic mass is 10.1. The van der Waals surface area contributed by atoms with E-state index in [1.165, 1.54) is 0 Å². The van der Waals surface area contributed by atoms with E-state index in [9.17, 15) is 8.42 Å². The maximum atomic E-state index is 11.8. The molecule has 1 unspecified atom stereocenters. The molecule has 0 amide bonds. The average molecular weight is 315 g/mol. The van der Waals surface area contributed by atoms with E-state index in [1.807, 2.05) is 38.1 Å². The summed E-state index contributed by atoms with van der Waals surface area (Å²) in [5.41, 5.74) is 2.02. The van der Waals surface area contributed by atoms with Gasteiger partial charge in [0.05, 0.1) is 25.1 Å². The number of benzene rings is 1. The van der Waals surface area contributed by atoms with Crippen molar-refractivity contribution < 1.29 is 18.3 Å². The topological polar surface area (TPSA) is 75.6 Å². The lowest BCUT2D eigenvalue weighted by Crippen LogP contribution is -2.31. The summed E-state index contributed by atoms with van der Waals surface area (Å²) in [4.78, 5) is 0. The standard InChI is InChI=1S/C15H25NO4S/c1-3-4-11-21(18,19)16-12-15(20-10-9-17)14-7-5-13(2)6-8-14/h5-8,15-17H,3-4,9-12H2,1-2H3. The van der Waals surface area contributed by atoms with Gasteiger partial charge in [-0.2, -0.15) is 0 Å². The van der Waals surface area contributed by atoms with Crippen molar-refractivity contribution in [1.29, 1.82) is 0 Å². The zero-order valence-electron chi connectivity index (χ0n) is 12.7. The molecule has 1 aromatic rings. The van der Waals surface area contributed by atoms with Gasteiger partial charge in [0.2, 0.25) is 10.0 Å². The molecule has 0 spiro atoms. The molecule has 0 fully saturated rings. The van der Waals surface area contributed by atoms with Crippen molar-refractivity contribution in [3.8, 4) is 0 Å². The molecule has 0 aliphatic heterocycles. The zero-order valence-corrected chi connectivity index (χ0v) is 13.5. The van der Waals surface area contributed by atoms with E-state index >= 15 is 0 Å². The van der Waals surface area contributed by atoms with Gasteiger partial charge in [0, 0.05) is 6.54 Å².